The number of nitrogens with two attached hydrogens (primary N) is 1. The first-order valence-corrected chi connectivity index (χ1v) is 6.26. The summed E-state index contributed by atoms with van der Waals surface area (Å²) in [5.41, 5.74) is 6.27. The molecule has 1 saturated carbocycles. The first kappa shape index (κ1) is 12.7. The van der Waals surface area contributed by atoms with Crippen molar-refractivity contribution >= 4 is 11.5 Å². The molecule has 0 bridgehead atoms. The van der Waals surface area contributed by atoms with Crippen LogP contribution in [0.4, 0.5) is 11.5 Å². The first-order valence-electron chi connectivity index (χ1n) is 6.26. The Bertz CT molecular complexity index is 455. The standard InChI is InChI=1S/C13H18N4O/c14-6-12-11(15)4-5-13(17-12)16-7-9-2-1-3-10(9)8-18/h4-5,9-10,18H,1-3,7-8,15H2,(H,16,17). The summed E-state index contributed by atoms with van der Waals surface area (Å²) in [5.74, 6) is 1.55. The fraction of sp³-hybridized carbons (Fsp3) is 0.538. The van der Waals surface area contributed by atoms with Crippen molar-refractivity contribution in [1.29, 1.82) is 5.26 Å². The highest BCUT2D eigenvalue weighted by atomic mass is 16.3. The summed E-state index contributed by atoms with van der Waals surface area (Å²) in [5, 5.41) is 21.3. The molecule has 5 nitrogen and oxygen atoms in total. The lowest BCUT2D eigenvalue weighted by molar-refractivity contribution is 0.199. The number of anilines is 2. The topological polar surface area (TPSA) is 95.0 Å². The van der Waals surface area contributed by atoms with Gasteiger partial charge >= 0.3 is 0 Å². The van der Waals surface area contributed by atoms with Crippen molar-refractivity contribution in [2.24, 2.45) is 11.8 Å². The van der Waals surface area contributed by atoms with Gasteiger partial charge in [0.05, 0.1) is 5.69 Å². The highest BCUT2D eigenvalue weighted by Crippen LogP contribution is 2.31. The van der Waals surface area contributed by atoms with Gasteiger partial charge in [-0.25, -0.2) is 4.98 Å². The zero-order valence-electron chi connectivity index (χ0n) is 10.3. The fourth-order valence-corrected chi connectivity index (χ4v) is 2.52. The third-order valence-corrected chi connectivity index (χ3v) is 3.63. The van der Waals surface area contributed by atoms with Crippen LogP contribution in [-0.2, 0) is 0 Å². The van der Waals surface area contributed by atoms with E-state index in [0.29, 0.717) is 23.3 Å². The Hall–Kier alpha value is -1.80. The van der Waals surface area contributed by atoms with Crippen molar-refractivity contribution in [1.82, 2.24) is 4.98 Å². The van der Waals surface area contributed by atoms with E-state index < -0.39 is 0 Å². The number of aliphatic hydroxyl groups is 1. The summed E-state index contributed by atoms with van der Waals surface area (Å²) in [6.45, 7) is 1.04. The number of nitriles is 1. The molecule has 0 radical (unpaired) electrons. The number of hydrogen-bond acceptors (Lipinski definition) is 5. The van der Waals surface area contributed by atoms with Crippen molar-refractivity contribution < 1.29 is 5.11 Å². The third kappa shape index (κ3) is 2.71. The number of hydrogen-bond donors (Lipinski definition) is 3. The molecule has 4 N–H and O–H groups in total. The monoisotopic (exact) mass is 246 g/mol. The molecule has 18 heavy (non-hydrogen) atoms. The van der Waals surface area contributed by atoms with Gasteiger partial charge in [-0.15, -0.1) is 0 Å². The maximum Gasteiger partial charge on any atom is 0.165 e. The zero-order chi connectivity index (χ0) is 13.0. The first-order chi connectivity index (χ1) is 8.74. The highest BCUT2D eigenvalue weighted by molar-refractivity contribution is 5.54. The van der Waals surface area contributed by atoms with E-state index >= 15 is 0 Å². The lowest BCUT2D eigenvalue weighted by atomic mass is 9.97. The average Bonchev–Trinajstić information content (AvgIpc) is 2.85. The number of nitrogens with one attached hydrogen (secondary N) is 1. The molecule has 0 aliphatic heterocycles. The van der Waals surface area contributed by atoms with E-state index in [2.05, 4.69) is 10.3 Å². The molecular formula is C13H18N4O. The largest absolute Gasteiger partial charge is 0.396 e. The number of aliphatic hydroxyl groups excluding tert-OH is 1. The van der Waals surface area contributed by atoms with E-state index in [9.17, 15) is 5.11 Å². The Kier molecular flexibility index (Phi) is 4.00. The average molecular weight is 246 g/mol. The van der Waals surface area contributed by atoms with Crippen LogP contribution < -0.4 is 11.1 Å². The number of nitrogen functional groups attached to an aromatic ring is 1. The quantitative estimate of drug-likeness (QED) is 0.745. The van der Waals surface area contributed by atoms with Gasteiger partial charge in [-0.3, -0.25) is 0 Å². The van der Waals surface area contributed by atoms with Gasteiger partial charge < -0.3 is 16.2 Å². The SMILES string of the molecule is N#Cc1nc(NCC2CCCC2CO)ccc1N. The van der Waals surface area contributed by atoms with Crippen LogP contribution in [0.25, 0.3) is 0 Å². The van der Waals surface area contributed by atoms with Gasteiger partial charge in [0.1, 0.15) is 11.9 Å². The second kappa shape index (κ2) is 5.69. The van der Waals surface area contributed by atoms with Gasteiger partial charge in [0.25, 0.3) is 0 Å². The predicted molar refractivity (Wildman–Crippen MR) is 69.8 cm³/mol. The second-order valence-electron chi connectivity index (χ2n) is 4.76. The minimum absolute atomic E-state index is 0.255. The molecular weight excluding hydrogens is 228 g/mol. The molecule has 1 heterocycles. The van der Waals surface area contributed by atoms with E-state index in [1.165, 1.54) is 6.42 Å². The molecule has 0 saturated heterocycles. The van der Waals surface area contributed by atoms with Crippen LogP contribution in [0.5, 0.6) is 0 Å². The molecule has 0 amide bonds. The van der Waals surface area contributed by atoms with Crippen molar-refractivity contribution in [3.8, 4) is 6.07 Å². The van der Waals surface area contributed by atoms with Crippen LogP contribution >= 0.6 is 0 Å². The Balaban J connectivity index is 1.96. The molecule has 1 aliphatic carbocycles. The minimum Gasteiger partial charge on any atom is -0.396 e. The number of aromatic nitrogens is 1. The van der Waals surface area contributed by atoms with Crippen molar-refractivity contribution in [3.63, 3.8) is 0 Å². The Labute approximate surface area is 107 Å². The Morgan fingerprint density at radius 2 is 2.22 bits per heavy atom. The molecule has 96 valence electrons. The normalized spacial score (nSPS) is 22.7. The predicted octanol–water partition coefficient (Wildman–Crippen LogP) is 1.36. The summed E-state index contributed by atoms with van der Waals surface area (Å²) in [6.07, 6.45) is 3.41. The van der Waals surface area contributed by atoms with Crippen LogP contribution in [-0.4, -0.2) is 23.2 Å². The molecule has 1 aromatic heterocycles. The molecule has 1 fully saturated rings. The maximum absolute atomic E-state index is 9.25. The van der Waals surface area contributed by atoms with Gasteiger partial charge in [-0.05, 0) is 36.8 Å². The molecule has 0 aromatic carbocycles. The van der Waals surface area contributed by atoms with Crippen LogP contribution in [0.3, 0.4) is 0 Å². The summed E-state index contributed by atoms with van der Waals surface area (Å²) in [6, 6.07) is 5.43. The lowest BCUT2D eigenvalue weighted by Gasteiger charge is -2.18. The molecule has 2 rings (SSSR count). The number of nitrogens with zero attached hydrogens (tertiary/aromatic N) is 2. The van der Waals surface area contributed by atoms with Crippen LogP contribution in [0.15, 0.2) is 12.1 Å². The number of rotatable bonds is 4. The van der Waals surface area contributed by atoms with E-state index in [-0.39, 0.29) is 12.3 Å². The Morgan fingerprint density at radius 1 is 1.44 bits per heavy atom. The molecule has 2 atom stereocenters. The molecule has 1 aromatic rings. The molecule has 2 unspecified atom stereocenters. The summed E-state index contributed by atoms with van der Waals surface area (Å²) < 4.78 is 0. The van der Waals surface area contributed by atoms with Crippen LogP contribution in [0, 0.1) is 23.2 Å². The maximum atomic E-state index is 9.25. The van der Waals surface area contributed by atoms with Crippen molar-refractivity contribution in [2.45, 2.75) is 19.3 Å². The van der Waals surface area contributed by atoms with Gasteiger partial charge in [0, 0.05) is 13.2 Å². The zero-order valence-corrected chi connectivity index (χ0v) is 10.3. The fourth-order valence-electron chi connectivity index (χ4n) is 2.52. The van der Waals surface area contributed by atoms with Gasteiger partial charge in [-0.1, -0.05) is 6.42 Å². The van der Waals surface area contributed by atoms with Gasteiger partial charge in [0.2, 0.25) is 0 Å². The van der Waals surface area contributed by atoms with Crippen LogP contribution in [0.2, 0.25) is 0 Å². The third-order valence-electron chi connectivity index (χ3n) is 3.63. The van der Waals surface area contributed by atoms with E-state index in [1.54, 1.807) is 12.1 Å². The molecule has 1 aliphatic rings. The smallest absolute Gasteiger partial charge is 0.165 e. The van der Waals surface area contributed by atoms with Crippen molar-refractivity contribution in [3.05, 3.63) is 17.8 Å². The van der Waals surface area contributed by atoms with Gasteiger partial charge in [-0.2, -0.15) is 5.26 Å². The van der Waals surface area contributed by atoms with Gasteiger partial charge in [0.15, 0.2) is 5.69 Å². The van der Waals surface area contributed by atoms with E-state index in [1.807, 2.05) is 6.07 Å². The van der Waals surface area contributed by atoms with Crippen molar-refractivity contribution in [2.75, 3.05) is 24.2 Å². The van der Waals surface area contributed by atoms with E-state index in [0.717, 1.165) is 19.4 Å². The lowest BCUT2D eigenvalue weighted by Crippen LogP contribution is -2.21. The highest BCUT2D eigenvalue weighted by Gasteiger charge is 2.26. The minimum atomic E-state index is 0.255. The second-order valence-corrected chi connectivity index (χ2v) is 4.76. The van der Waals surface area contributed by atoms with E-state index in [4.69, 9.17) is 11.0 Å². The number of pyridine rings is 1. The molecule has 5 heteroatoms. The summed E-state index contributed by atoms with van der Waals surface area (Å²) >= 11 is 0. The Morgan fingerprint density at radius 3 is 2.94 bits per heavy atom. The summed E-state index contributed by atoms with van der Waals surface area (Å²) in [4.78, 5) is 4.14. The molecule has 0 spiro atoms. The van der Waals surface area contributed by atoms with Crippen LogP contribution in [0.1, 0.15) is 25.0 Å². The summed E-state index contributed by atoms with van der Waals surface area (Å²) in [7, 11) is 0.